The highest BCUT2D eigenvalue weighted by molar-refractivity contribution is 6.39. The summed E-state index contributed by atoms with van der Waals surface area (Å²) in [5, 5.41) is 32.6. The first kappa shape index (κ1) is 58.1. The number of ether oxygens (including phenoxy) is 6. The smallest absolute Gasteiger partial charge is 0.329 e. The van der Waals surface area contributed by atoms with Gasteiger partial charge in [0.25, 0.3) is 11.7 Å². The second-order valence-electron chi connectivity index (χ2n) is 20.0. The van der Waals surface area contributed by atoms with Crippen LogP contribution in [-0.2, 0) is 52.4 Å². The lowest BCUT2D eigenvalue weighted by atomic mass is 9.81. The summed E-state index contributed by atoms with van der Waals surface area (Å²) in [5.74, 6) is -9.01. The van der Waals surface area contributed by atoms with Crippen molar-refractivity contribution in [2.45, 2.75) is 186 Å². The number of piperidine rings is 1. The molecule has 2 bridgehead atoms. The Bertz CT molecular complexity index is 1830. The van der Waals surface area contributed by atoms with E-state index in [9.17, 15) is 39.3 Å². The number of aliphatic hydroxyl groups is 3. The Balaban J connectivity index is 1.69. The molecular formula is C53H82FNO14. The third kappa shape index (κ3) is 16.0. The van der Waals surface area contributed by atoms with Crippen LogP contribution in [0.15, 0.2) is 47.6 Å². The Kier molecular flexibility index (Phi) is 23.5. The predicted molar refractivity (Wildman–Crippen MR) is 256 cm³/mol. The van der Waals surface area contributed by atoms with Crippen molar-refractivity contribution >= 4 is 29.2 Å². The number of carbonyl (C=O) groups is 5. The average Bonchev–Trinajstić information content (AvgIpc) is 3.33. The van der Waals surface area contributed by atoms with Crippen LogP contribution in [0.4, 0.5) is 4.39 Å². The van der Waals surface area contributed by atoms with E-state index in [4.69, 9.17) is 28.4 Å². The first-order chi connectivity index (χ1) is 32.8. The van der Waals surface area contributed by atoms with Crippen molar-refractivity contribution in [3.63, 3.8) is 0 Å². The number of fused-ring (bicyclic) bond motifs is 3. The SMILES string of the molecule is CO[C@H]1C[C@@H]2CC[C@@H](C)[C@@](O)(O2)C(=O)C(=O)N2CCCC[C@H]2C(=O)O[C@H]([C@H](F)C[C@@H]2CC[C@@H](OCCCO)[C@H](OC)C2)CC(=O)[C@H](C)/C=C(\C)[C@@H](O)[C@@H](OC)C(=O)[C@H](C)C[C@H](C)/C=C/C=C/C=C/1C. The largest absolute Gasteiger partial charge is 0.457 e. The van der Waals surface area contributed by atoms with Gasteiger partial charge in [-0.15, -0.1) is 0 Å². The van der Waals surface area contributed by atoms with E-state index in [1.807, 2.05) is 44.2 Å². The van der Waals surface area contributed by atoms with Gasteiger partial charge in [-0.05, 0) is 107 Å². The molecule has 0 aromatic carbocycles. The molecule has 1 amide bonds. The van der Waals surface area contributed by atoms with Crippen molar-refractivity contribution in [3.8, 4) is 0 Å². The molecule has 0 radical (unpaired) electrons. The van der Waals surface area contributed by atoms with Crippen molar-refractivity contribution in [2.24, 2.45) is 29.6 Å². The normalized spacial score (nSPS) is 38.8. The number of halogens is 1. The summed E-state index contributed by atoms with van der Waals surface area (Å²) in [6.07, 6.45) is 7.30. The van der Waals surface area contributed by atoms with Crippen LogP contribution < -0.4 is 0 Å². The highest BCUT2D eigenvalue weighted by Crippen LogP contribution is 2.38. The molecule has 2 saturated heterocycles. The molecular weight excluding hydrogens is 894 g/mol. The van der Waals surface area contributed by atoms with Crippen molar-refractivity contribution in [2.75, 3.05) is 41.1 Å². The van der Waals surface area contributed by atoms with Gasteiger partial charge in [0.1, 0.15) is 36.3 Å². The van der Waals surface area contributed by atoms with Crippen molar-refractivity contribution in [1.82, 2.24) is 4.90 Å². The van der Waals surface area contributed by atoms with E-state index in [1.165, 1.54) is 13.2 Å². The predicted octanol–water partition coefficient (Wildman–Crippen LogP) is 6.29. The zero-order chi connectivity index (χ0) is 51.0. The number of amides is 1. The van der Waals surface area contributed by atoms with Gasteiger partial charge < -0.3 is 48.6 Å². The number of cyclic esters (lactones) is 1. The highest BCUT2D eigenvalue weighted by atomic mass is 19.1. The van der Waals surface area contributed by atoms with Crippen LogP contribution in [0.3, 0.4) is 0 Å². The molecule has 0 spiro atoms. The zero-order valence-electron chi connectivity index (χ0n) is 42.5. The molecule has 1 saturated carbocycles. The number of nitrogens with zero attached hydrogens (tertiary/aromatic N) is 1. The quantitative estimate of drug-likeness (QED) is 0.0954. The molecule has 390 valence electrons. The maximum Gasteiger partial charge on any atom is 0.329 e. The molecule has 0 aromatic heterocycles. The lowest BCUT2D eigenvalue weighted by Gasteiger charge is -2.42. The number of allylic oxidation sites excluding steroid dienone is 6. The van der Waals surface area contributed by atoms with Gasteiger partial charge in [0.15, 0.2) is 5.78 Å². The van der Waals surface area contributed by atoms with Crippen LogP contribution in [0.1, 0.15) is 125 Å². The summed E-state index contributed by atoms with van der Waals surface area (Å²) in [6.45, 7) is 10.8. The number of esters is 1. The fourth-order valence-corrected chi connectivity index (χ4v) is 10.3. The molecule has 15 atom stereocenters. The zero-order valence-corrected chi connectivity index (χ0v) is 42.5. The van der Waals surface area contributed by atoms with E-state index in [0.717, 1.165) is 10.5 Å². The number of carbonyl (C=O) groups excluding carboxylic acids is 5. The van der Waals surface area contributed by atoms with Crippen LogP contribution in [0, 0.1) is 29.6 Å². The fraction of sp³-hybridized carbons (Fsp3) is 0.755. The van der Waals surface area contributed by atoms with Gasteiger partial charge in [-0.1, -0.05) is 64.2 Å². The van der Waals surface area contributed by atoms with E-state index in [-0.39, 0.29) is 62.2 Å². The maximum atomic E-state index is 16.9. The topological polar surface area (TPSA) is 205 Å². The second kappa shape index (κ2) is 27.9. The lowest BCUT2D eigenvalue weighted by Crippen LogP contribution is -2.61. The van der Waals surface area contributed by atoms with Crippen molar-refractivity contribution in [1.29, 1.82) is 0 Å². The molecule has 3 fully saturated rings. The third-order valence-corrected chi connectivity index (χ3v) is 14.7. The van der Waals surface area contributed by atoms with Crippen molar-refractivity contribution in [3.05, 3.63) is 47.6 Å². The first-order valence-corrected chi connectivity index (χ1v) is 25.1. The Morgan fingerprint density at radius 3 is 2.29 bits per heavy atom. The minimum Gasteiger partial charge on any atom is -0.457 e. The Labute approximate surface area is 409 Å². The van der Waals surface area contributed by atoms with Crippen LogP contribution in [0.5, 0.6) is 0 Å². The van der Waals surface area contributed by atoms with Gasteiger partial charge in [0.05, 0.1) is 24.4 Å². The monoisotopic (exact) mass is 976 g/mol. The van der Waals surface area contributed by atoms with E-state index < -0.39 is 96.1 Å². The van der Waals surface area contributed by atoms with Gasteiger partial charge in [0, 0.05) is 71.7 Å². The van der Waals surface area contributed by atoms with Crippen LogP contribution >= 0.6 is 0 Å². The van der Waals surface area contributed by atoms with Gasteiger partial charge in [0.2, 0.25) is 5.79 Å². The summed E-state index contributed by atoms with van der Waals surface area (Å²) in [6, 6.07) is -1.31. The number of aliphatic hydroxyl groups excluding tert-OH is 2. The van der Waals surface area contributed by atoms with Crippen LogP contribution in [0.2, 0.25) is 0 Å². The number of alkyl halides is 1. The first-order valence-electron chi connectivity index (χ1n) is 25.1. The molecule has 3 aliphatic heterocycles. The van der Waals surface area contributed by atoms with E-state index >= 15 is 4.39 Å². The molecule has 1 aliphatic carbocycles. The summed E-state index contributed by atoms with van der Waals surface area (Å²) >= 11 is 0. The van der Waals surface area contributed by atoms with E-state index in [2.05, 4.69) is 0 Å². The number of ketones is 3. The fourth-order valence-electron chi connectivity index (χ4n) is 10.3. The van der Waals surface area contributed by atoms with Gasteiger partial charge in [-0.2, -0.15) is 0 Å². The van der Waals surface area contributed by atoms with Crippen LogP contribution in [-0.4, -0.2) is 151 Å². The molecule has 16 heteroatoms. The second-order valence-corrected chi connectivity index (χ2v) is 20.0. The Morgan fingerprint density at radius 2 is 1.61 bits per heavy atom. The number of rotatable bonds is 10. The third-order valence-electron chi connectivity index (χ3n) is 14.7. The lowest BCUT2D eigenvalue weighted by molar-refractivity contribution is -0.265. The van der Waals surface area contributed by atoms with E-state index in [0.29, 0.717) is 70.0 Å². The molecule has 4 aliphatic rings. The van der Waals surface area contributed by atoms with E-state index in [1.54, 1.807) is 41.9 Å². The molecule has 3 heterocycles. The Hall–Kier alpha value is -3.48. The number of hydrogen-bond acceptors (Lipinski definition) is 14. The Morgan fingerprint density at radius 1 is 0.870 bits per heavy atom. The molecule has 15 nitrogen and oxygen atoms in total. The van der Waals surface area contributed by atoms with Gasteiger partial charge in [-0.25, -0.2) is 9.18 Å². The number of hydrogen-bond donors (Lipinski definition) is 3. The number of methoxy groups -OCH3 is 3. The standard InChI is InChI=1S/C53H82FNO14/c1-32-16-11-10-12-17-33(2)44(64-7)30-39-21-19-37(6)53(63,69-39)50(60)51(61)55-23-14-13-18-41(55)52(62)68-45(40(54)28-38-20-22-43(46(29-38)65-8)67-25-15-24-56)31-42(57)34(3)27-36(5)48(59)49(66-9)47(58)35(4)26-32/h10-12,16-17,27,32,34-35,37-41,43-46,48-49,56,59,63H,13-15,18-26,28-31H2,1-9H3/b12-10+,16-11+,33-17+,36-27+/t32-,34-,35-,37-,38+,39+,40-,41+,43-,44+,45+,46-,48-,49+,53-/m1/s1. The average molecular weight is 976 g/mol. The van der Waals surface area contributed by atoms with Crippen molar-refractivity contribution < 1.29 is 72.1 Å². The van der Waals surface area contributed by atoms with Gasteiger partial charge in [-0.3, -0.25) is 19.2 Å². The molecule has 0 unspecified atom stereocenters. The molecule has 0 aromatic rings. The molecule has 69 heavy (non-hydrogen) atoms. The summed E-state index contributed by atoms with van der Waals surface area (Å²) < 4.78 is 52.0. The van der Waals surface area contributed by atoms with Crippen LogP contribution in [0.25, 0.3) is 0 Å². The minimum atomic E-state index is -2.49. The maximum absolute atomic E-state index is 16.9. The highest BCUT2D eigenvalue weighted by Gasteiger charge is 2.53. The molecule has 4 rings (SSSR count). The minimum absolute atomic E-state index is 0.00651. The summed E-state index contributed by atoms with van der Waals surface area (Å²) in [4.78, 5) is 71.6. The molecule has 3 N–H and O–H groups in total. The van der Waals surface area contributed by atoms with Gasteiger partial charge >= 0.3 is 5.97 Å². The summed E-state index contributed by atoms with van der Waals surface area (Å²) in [5.41, 5.74) is 1.15. The summed E-state index contributed by atoms with van der Waals surface area (Å²) in [7, 11) is 4.45. The number of Topliss-reactive ketones (excluding diaryl/α,β-unsaturated/α-hetero) is 3.